The Hall–Kier alpha value is -0.780. The van der Waals surface area contributed by atoms with Gasteiger partial charge in [0.15, 0.2) is 6.61 Å². The first-order chi connectivity index (χ1) is 8.66. The molecule has 0 radical (unpaired) electrons. The van der Waals surface area contributed by atoms with E-state index >= 15 is 0 Å². The fraction of sp³-hybridized carbons (Fsp3) is 0.462. The van der Waals surface area contributed by atoms with Crippen LogP contribution in [-0.2, 0) is 4.79 Å². The molecule has 1 heterocycles. The molecule has 1 aliphatic rings. The molecule has 19 heavy (non-hydrogen) atoms. The highest BCUT2D eigenvalue weighted by atomic mass is 79.9. The van der Waals surface area contributed by atoms with E-state index in [1.165, 1.54) is 0 Å². The molecule has 0 saturated carbocycles. The molecule has 1 aliphatic heterocycles. The number of nitrogens with zero attached hydrogens (tertiary/aromatic N) is 1. The predicted octanol–water partition coefficient (Wildman–Crippen LogP) is 2.07. The SMILES string of the molecule is CC1CNCCN1C(=O)COc1ccc(Br)cc1.Cl. The van der Waals surface area contributed by atoms with Gasteiger partial charge in [-0.1, -0.05) is 15.9 Å². The number of halogens is 2. The standard InChI is InChI=1S/C13H17BrN2O2.ClH/c1-10-8-15-6-7-16(10)13(17)9-18-12-4-2-11(14)3-5-12;/h2-5,10,15H,6-9H2,1H3;1H. The van der Waals surface area contributed by atoms with Gasteiger partial charge in [0.1, 0.15) is 5.75 Å². The van der Waals surface area contributed by atoms with Crippen molar-refractivity contribution in [2.75, 3.05) is 26.2 Å². The fourth-order valence-corrected chi connectivity index (χ4v) is 2.23. The number of rotatable bonds is 3. The molecule has 1 amide bonds. The number of nitrogens with one attached hydrogen (secondary N) is 1. The number of carbonyl (C=O) groups is 1. The summed E-state index contributed by atoms with van der Waals surface area (Å²) in [5.41, 5.74) is 0. The predicted molar refractivity (Wildman–Crippen MR) is 80.9 cm³/mol. The Morgan fingerprint density at radius 2 is 2.16 bits per heavy atom. The average Bonchev–Trinajstić information content (AvgIpc) is 2.38. The van der Waals surface area contributed by atoms with Crippen molar-refractivity contribution >= 4 is 34.2 Å². The molecule has 0 aliphatic carbocycles. The van der Waals surface area contributed by atoms with Crippen LogP contribution in [-0.4, -0.2) is 43.1 Å². The van der Waals surface area contributed by atoms with Crippen LogP contribution in [0.25, 0.3) is 0 Å². The maximum atomic E-state index is 12.0. The van der Waals surface area contributed by atoms with E-state index in [0.717, 1.165) is 24.1 Å². The van der Waals surface area contributed by atoms with Crippen LogP contribution in [0.3, 0.4) is 0 Å². The second kappa shape index (κ2) is 7.72. The maximum absolute atomic E-state index is 12.0. The molecule has 1 aromatic carbocycles. The lowest BCUT2D eigenvalue weighted by Gasteiger charge is -2.33. The molecular weight excluding hydrogens is 332 g/mol. The van der Waals surface area contributed by atoms with E-state index in [9.17, 15) is 4.79 Å². The molecule has 0 bridgehead atoms. The molecule has 1 saturated heterocycles. The molecule has 0 spiro atoms. The van der Waals surface area contributed by atoms with E-state index in [2.05, 4.69) is 21.2 Å². The zero-order valence-electron chi connectivity index (χ0n) is 10.8. The summed E-state index contributed by atoms with van der Waals surface area (Å²) < 4.78 is 6.49. The number of piperazine rings is 1. The molecule has 1 aromatic rings. The lowest BCUT2D eigenvalue weighted by molar-refractivity contribution is -0.136. The third-order valence-electron chi connectivity index (χ3n) is 3.00. The number of hydrogen-bond acceptors (Lipinski definition) is 3. The van der Waals surface area contributed by atoms with Crippen molar-refractivity contribution in [2.24, 2.45) is 0 Å². The summed E-state index contributed by atoms with van der Waals surface area (Å²) in [6.07, 6.45) is 0. The zero-order chi connectivity index (χ0) is 13.0. The van der Waals surface area contributed by atoms with Gasteiger partial charge in [0.25, 0.3) is 5.91 Å². The normalized spacial score (nSPS) is 18.6. The molecule has 1 N–H and O–H groups in total. The van der Waals surface area contributed by atoms with Crippen molar-refractivity contribution in [3.05, 3.63) is 28.7 Å². The van der Waals surface area contributed by atoms with Crippen molar-refractivity contribution < 1.29 is 9.53 Å². The third kappa shape index (κ3) is 4.67. The molecule has 1 atom stereocenters. The average molecular weight is 350 g/mol. The van der Waals surface area contributed by atoms with Crippen molar-refractivity contribution in [2.45, 2.75) is 13.0 Å². The van der Waals surface area contributed by atoms with Crippen molar-refractivity contribution in [3.8, 4) is 5.75 Å². The molecule has 2 rings (SSSR count). The van der Waals surface area contributed by atoms with Gasteiger partial charge >= 0.3 is 0 Å². The lowest BCUT2D eigenvalue weighted by atomic mass is 10.2. The maximum Gasteiger partial charge on any atom is 0.260 e. The van der Waals surface area contributed by atoms with E-state index in [1.807, 2.05) is 36.1 Å². The quantitative estimate of drug-likeness (QED) is 0.908. The van der Waals surface area contributed by atoms with Crippen LogP contribution >= 0.6 is 28.3 Å². The molecule has 0 aromatic heterocycles. The van der Waals surface area contributed by atoms with E-state index in [1.54, 1.807) is 0 Å². The second-order valence-corrected chi connectivity index (χ2v) is 5.30. The first-order valence-electron chi connectivity index (χ1n) is 6.05. The van der Waals surface area contributed by atoms with Crippen molar-refractivity contribution in [1.29, 1.82) is 0 Å². The number of ether oxygens (including phenoxy) is 1. The monoisotopic (exact) mass is 348 g/mol. The molecule has 6 heteroatoms. The number of hydrogen-bond donors (Lipinski definition) is 1. The van der Waals surface area contributed by atoms with Crippen molar-refractivity contribution in [1.82, 2.24) is 10.2 Å². The minimum atomic E-state index is 0. The first kappa shape index (κ1) is 16.3. The van der Waals surface area contributed by atoms with Gasteiger partial charge in [-0.25, -0.2) is 0 Å². The Bertz CT molecular complexity index is 414. The molecule has 1 unspecified atom stereocenters. The largest absolute Gasteiger partial charge is 0.484 e. The van der Waals surface area contributed by atoms with Gasteiger partial charge in [-0.15, -0.1) is 12.4 Å². The molecule has 1 fully saturated rings. The molecule has 4 nitrogen and oxygen atoms in total. The fourth-order valence-electron chi connectivity index (χ4n) is 1.97. The summed E-state index contributed by atoms with van der Waals surface area (Å²) in [5, 5.41) is 3.26. The Labute approximate surface area is 128 Å². The Morgan fingerprint density at radius 1 is 1.47 bits per heavy atom. The first-order valence-corrected chi connectivity index (χ1v) is 6.84. The highest BCUT2D eigenvalue weighted by Crippen LogP contribution is 2.16. The number of carbonyl (C=O) groups excluding carboxylic acids is 1. The summed E-state index contributed by atoms with van der Waals surface area (Å²) in [6, 6.07) is 7.72. The van der Waals surface area contributed by atoms with Crippen LogP contribution in [0.5, 0.6) is 5.75 Å². The Kier molecular flexibility index (Phi) is 6.62. The van der Waals surface area contributed by atoms with Gasteiger partial charge in [0, 0.05) is 30.1 Å². The van der Waals surface area contributed by atoms with E-state index in [-0.39, 0.29) is 31.0 Å². The van der Waals surface area contributed by atoms with Crippen LogP contribution in [0.4, 0.5) is 0 Å². The number of benzene rings is 1. The van der Waals surface area contributed by atoms with Crippen LogP contribution in [0, 0.1) is 0 Å². The Morgan fingerprint density at radius 3 is 2.79 bits per heavy atom. The summed E-state index contributed by atoms with van der Waals surface area (Å²) in [7, 11) is 0. The van der Waals surface area contributed by atoms with Gasteiger partial charge in [-0.3, -0.25) is 4.79 Å². The number of amides is 1. The van der Waals surface area contributed by atoms with Gasteiger partial charge in [-0.05, 0) is 31.2 Å². The molecular formula is C13H18BrClN2O2. The minimum absolute atomic E-state index is 0. The smallest absolute Gasteiger partial charge is 0.260 e. The summed E-state index contributed by atoms with van der Waals surface area (Å²) in [4.78, 5) is 13.9. The summed E-state index contributed by atoms with van der Waals surface area (Å²) in [6.45, 7) is 4.61. The highest BCUT2D eigenvalue weighted by molar-refractivity contribution is 9.10. The third-order valence-corrected chi connectivity index (χ3v) is 3.53. The van der Waals surface area contributed by atoms with E-state index < -0.39 is 0 Å². The van der Waals surface area contributed by atoms with Gasteiger partial charge in [0.05, 0.1) is 0 Å². The van der Waals surface area contributed by atoms with Crippen molar-refractivity contribution in [3.63, 3.8) is 0 Å². The van der Waals surface area contributed by atoms with Gasteiger partial charge < -0.3 is 15.0 Å². The van der Waals surface area contributed by atoms with E-state index in [4.69, 9.17) is 4.74 Å². The molecule has 106 valence electrons. The Balaban J connectivity index is 0.00000180. The van der Waals surface area contributed by atoms with Crippen LogP contribution in [0.1, 0.15) is 6.92 Å². The van der Waals surface area contributed by atoms with E-state index in [0.29, 0.717) is 5.75 Å². The lowest BCUT2D eigenvalue weighted by Crippen LogP contribution is -2.53. The van der Waals surface area contributed by atoms with Crippen LogP contribution < -0.4 is 10.1 Å². The highest BCUT2D eigenvalue weighted by Gasteiger charge is 2.22. The summed E-state index contributed by atoms with van der Waals surface area (Å²) in [5.74, 6) is 0.765. The van der Waals surface area contributed by atoms with Gasteiger partial charge in [-0.2, -0.15) is 0 Å². The van der Waals surface area contributed by atoms with Gasteiger partial charge in [0.2, 0.25) is 0 Å². The summed E-state index contributed by atoms with van der Waals surface area (Å²) >= 11 is 3.36. The zero-order valence-corrected chi connectivity index (χ0v) is 13.2. The topological polar surface area (TPSA) is 41.6 Å². The van der Waals surface area contributed by atoms with Crippen LogP contribution in [0.2, 0.25) is 0 Å². The minimum Gasteiger partial charge on any atom is -0.484 e. The van der Waals surface area contributed by atoms with Crippen LogP contribution in [0.15, 0.2) is 28.7 Å². The second-order valence-electron chi connectivity index (χ2n) is 4.38.